The molecule has 1 N–H and O–H groups in total. The van der Waals surface area contributed by atoms with Crippen LogP contribution in [0, 0.1) is 25.7 Å². The lowest BCUT2D eigenvalue weighted by Crippen LogP contribution is -2.43. The molecule has 3 aromatic rings. The highest BCUT2D eigenvalue weighted by Gasteiger charge is 2.52. The number of pyridine rings is 2. The summed E-state index contributed by atoms with van der Waals surface area (Å²) in [7, 11) is 0. The van der Waals surface area contributed by atoms with Gasteiger partial charge in [-0.25, -0.2) is 4.98 Å². The fraction of sp³-hybridized carbons (Fsp3) is 0.444. The summed E-state index contributed by atoms with van der Waals surface area (Å²) in [6.45, 7) is 6.93. The van der Waals surface area contributed by atoms with Crippen LogP contribution in [0.5, 0.6) is 0 Å². The van der Waals surface area contributed by atoms with E-state index in [1.54, 1.807) is 17.1 Å². The van der Waals surface area contributed by atoms with Crippen LogP contribution >= 0.6 is 0 Å². The third-order valence-corrected chi connectivity index (χ3v) is 7.88. The third-order valence-electron chi connectivity index (χ3n) is 7.88. The van der Waals surface area contributed by atoms with Crippen LogP contribution in [0.25, 0.3) is 0 Å². The fourth-order valence-corrected chi connectivity index (χ4v) is 5.46. The smallest absolute Gasteiger partial charge is 0.254 e. The Hall–Kier alpha value is -3.55. The summed E-state index contributed by atoms with van der Waals surface area (Å²) in [6, 6.07) is 6.20. The number of piperidine rings is 1. The molecule has 0 spiro atoms. The van der Waals surface area contributed by atoms with Gasteiger partial charge in [0.1, 0.15) is 5.82 Å². The summed E-state index contributed by atoms with van der Waals surface area (Å²) < 4.78 is 1.80. The van der Waals surface area contributed by atoms with Gasteiger partial charge in [0, 0.05) is 48.7 Å². The first-order chi connectivity index (χ1) is 16.9. The molecule has 6 rings (SSSR count). The molecule has 8 nitrogen and oxygen atoms in total. The normalized spacial score (nSPS) is 25.7. The number of aromatic nitrogens is 4. The summed E-state index contributed by atoms with van der Waals surface area (Å²) in [4.78, 5) is 36.1. The van der Waals surface area contributed by atoms with Gasteiger partial charge in [-0.15, -0.1) is 0 Å². The number of rotatable bonds is 6. The number of carbonyl (C=O) groups excluding carboxylic acids is 2. The van der Waals surface area contributed by atoms with E-state index >= 15 is 0 Å². The Morgan fingerprint density at radius 2 is 1.97 bits per heavy atom. The van der Waals surface area contributed by atoms with E-state index in [9.17, 15) is 9.59 Å². The molecular formula is C27H30N6O2. The predicted octanol–water partition coefficient (Wildman–Crippen LogP) is 3.56. The highest BCUT2D eigenvalue weighted by Crippen LogP contribution is 2.47. The minimum absolute atomic E-state index is 0.0822. The van der Waals surface area contributed by atoms with Gasteiger partial charge in [-0.3, -0.25) is 24.2 Å². The van der Waals surface area contributed by atoms with Crippen molar-refractivity contribution >= 4 is 17.6 Å². The maximum Gasteiger partial charge on any atom is 0.254 e. The van der Waals surface area contributed by atoms with Gasteiger partial charge < -0.3 is 5.32 Å². The van der Waals surface area contributed by atoms with Gasteiger partial charge in [0.05, 0.1) is 17.8 Å². The molecular weight excluding hydrogens is 440 g/mol. The maximum atomic E-state index is 12.8. The quantitative estimate of drug-likeness (QED) is 0.595. The number of amides is 2. The summed E-state index contributed by atoms with van der Waals surface area (Å²) in [5.74, 6) is 1.98. The van der Waals surface area contributed by atoms with Gasteiger partial charge in [0.15, 0.2) is 0 Å². The van der Waals surface area contributed by atoms with Crippen LogP contribution in [0.3, 0.4) is 0 Å². The van der Waals surface area contributed by atoms with Crippen LogP contribution < -0.4 is 10.2 Å². The van der Waals surface area contributed by atoms with Crippen molar-refractivity contribution in [3.05, 3.63) is 70.9 Å². The second-order valence-electron chi connectivity index (χ2n) is 10.4. The lowest BCUT2D eigenvalue weighted by atomic mass is 9.77. The molecule has 0 radical (unpaired) electrons. The zero-order valence-corrected chi connectivity index (χ0v) is 20.3. The van der Waals surface area contributed by atoms with E-state index in [-0.39, 0.29) is 29.8 Å². The molecule has 1 aliphatic heterocycles. The van der Waals surface area contributed by atoms with Crippen molar-refractivity contribution in [3.8, 4) is 0 Å². The summed E-state index contributed by atoms with van der Waals surface area (Å²) in [5.41, 5.74) is 4.96. The van der Waals surface area contributed by atoms with E-state index in [0.29, 0.717) is 17.4 Å². The zero-order valence-electron chi connectivity index (χ0n) is 20.3. The monoisotopic (exact) mass is 470 g/mol. The largest absolute Gasteiger partial charge is 0.349 e. The van der Waals surface area contributed by atoms with Gasteiger partial charge >= 0.3 is 0 Å². The number of anilines is 1. The Kier molecular flexibility index (Phi) is 5.20. The first-order valence-electron chi connectivity index (χ1n) is 12.4. The van der Waals surface area contributed by atoms with Crippen molar-refractivity contribution in [2.24, 2.45) is 11.8 Å². The van der Waals surface area contributed by atoms with E-state index in [1.165, 1.54) is 5.56 Å². The Morgan fingerprint density at radius 3 is 2.69 bits per heavy atom. The number of nitrogens with one attached hydrogen (secondary N) is 1. The molecule has 3 aliphatic rings. The lowest BCUT2D eigenvalue weighted by Gasteiger charge is -2.35. The lowest BCUT2D eigenvalue weighted by molar-refractivity contribution is -0.118. The molecule has 2 amide bonds. The average molecular weight is 471 g/mol. The number of hydrogen-bond donors (Lipinski definition) is 1. The van der Waals surface area contributed by atoms with Crippen LogP contribution in [0.1, 0.15) is 70.9 Å². The molecule has 3 fully saturated rings. The van der Waals surface area contributed by atoms with Gasteiger partial charge in [-0.1, -0.05) is 0 Å². The van der Waals surface area contributed by atoms with Crippen molar-refractivity contribution < 1.29 is 9.59 Å². The third kappa shape index (κ3) is 4.00. The van der Waals surface area contributed by atoms with Crippen LogP contribution in [-0.2, 0) is 4.79 Å². The summed E-state index contributed by atoms with van der Waals surface area (Å²) in [6.07, 6.45) is 9.95. The predicted molar refractivity (Wildman–Crippen MR) is 131 cm³/mol. The van der Waals surface area contributed by atoms with E-state index in [0.717, 1.165) is 48.4 Å². The van der Waals surface area contributed by atoms with Crippen LogP contribution in [0.15, 0.2) is 43.0 Å². The molecule has 3 atom stereocenters. The molecule has 180 valence electrons. The highest BCUT2D eigenvalue weighted by molar-refractivity contribution is 5.99. The minimum atomic E-state index is -0.0968. The number of hydrogen-bond acceptors (Lipinski definition) is 5. The molecule has 1 unspecified atom stereocenters. The van der Waals surface area contributed by atoms with Gasteiger partial charge in [0.2, 0.25) is 5.91 Å². The highest BCUT2D eigenvalue weighted by atomic mass is 16.2. The standard InChI is InChI=1S/C27H30N6O2/c1-15-4-5-28-24(6-15)18-8-21(9-18)31-26(34)20-11-30-33(14-20)17(3)23-12-29-25(7-16(23)2)32-13-19-10-22(19)27(32)35/h4-7,11-12,14,17-19,21-22H,8-10,13H2,1-3H3,(H,31,34)/t17?,18-,19-,21+,22-/m1/s1. The molecule has 2 saturated carbocycles. The fourth-order valence-electron chi connectivity index (χ4n) is 5.46. The van der Waals surface area contributed by atoms with Gasteiger partial charge in [-0.05, 0) is 80.8 Å². The Morgan fingerprint density at radius 1 is 1.14 bits per heavy atom. The molecule has 35 heavy (non-hydrogen) atoms. The molecule has 8 heteroatoms. The minimum Gasteiger partial charge on any atom is -0.349 e. The van der Waals surface area contributed by atoms with E-state index in [1.807, 2.05) is 43.3 Å². The zero-order chi connectivity index (χ0) is 24.3. The molecule has 4 heterocycles. The summed E-state index contributed by atoms with van der Waals surface area (Å²) in [5, 5.41) is 7.59. The Balaban J connectivity index is 1.08. The van der Waals surface area contributed by atoms with Crippen LogP contribution in [0.4, 0.5) is 5.82 Å². The first kappa shape index (κ1) is 21.9. The second kappa shape index (κ2) is 8.29. The average Bonchev–Trinajstić information content (AvgIpc) is 3.27. The molecule has 1 saturated heterocycles. The van der Waals surface area contributed by atoms with E-state index in [4.69, 9.17) is 0 Å². The number of aryl methyl sites for hydroxylation is 2. The van der Waals surface area contributed by atoms with E-state index < -0.39 is 0 Å². The second-order valence-corrected chi connectivity index (χ2v) is 10.4. The maximum absolute atomic E-state index is 12.8. The van der Waals surface area contributed by atoms with Crippen LogP contribution in [0.2, 0.25) is 0 Å². The van der Waals surface area contributed by atoms with Gasteiger partial charge in [-0.2, -0.15) is 5.10 Å². The van der Waals surface area contributed by atoms with Crippen molar-refractivity contribution in [2.45, 2.75) is 58.0 Å². The van der Waals surface area contributed by atoms with E-state index in [2.05, 4.69) is 33.4 Å². The van der Waals surface area contributed by atoms with Crippen LogP contribution in [-0.4, -0.2) is 44.1 Å². The molecule has 3 aromatic heterocycles. The van der Waals surface area contributed by atoms with Crippen molar-refractivity contribution in [2.75, 3.05) is 11.4 Å². The Labute approximate surface area is 204 Å². The molecule has 0 aromatic carbocycles. The number of nitrogens with zero attached hydrogens (tertiary/aromatic N) is 5. The van der Waals surface area contributed by atoms with Crippen molar-refractivity contribution in [1.29, 1.82) is 0 Å². The van der Waals surface area contributed by atoms with Crippen molar-refractivity contribution in [1.82, 2.24) is 25.1 Å². The van der Waals surface area contributed by atoms with Crippen molar-refractivity contribution in [3.63, 3.8) is 0 Å². The molecule has 2 aliphatic carbocycles. The molecule has 0 bridgehead atoms. The SMILES string of the molecule is Cc1ccnc([C@H]2C[C@@H](NC(=O)c3cnn(C(C)c4cnc(N5C[C@H]6C[C@H]6C5=O)cc4C)c3)C2)c1. The van der Waals surface area contributed by atoms with Gasteiger partial charge in [0.25, 0.3) is 5.91 Å². The summed E-state index contributed by atoms with van der Waals surface area (Å²) >= 11 is 0. The topological polar surface area (TPSA) is 93.0 Å². The number of carbonyl (C=O) groups is 2. The Bertz CT molecular complexity index is 1310. The number of fused-ring (bicyclic) bond motifs is 1. The first-order valence-corrected chi connectivity index (χ1v) is 12.4.